The molecule has 0 N–H and O–H groups in total. The maximum Gasteiger partial charge on any atom is 0.338 e. The Labute approximate surface area is 372 Å². The summed E-state index contributed by atoms with van der Waals surface area (Å²) in [6.07, 6.45) is 6.68. The first-order valence-electron chi connectivity index (χ1n) is 20.7. The summed E-state index contributed by atoms with van der Waals surface area (Å²) in [6.45, 7) is 15.0. The first kappa shape index (κ1) is 48.4. The Morgan fingerprint density at radius 2 is 0.984 bits per heavy atom. The van der Waals surface area contributed by atoms with E-state index in [1.807, 2.05) is 0 Å². The molecule has 0 radical (unpaired) electrons. The van der Waals surface area contributed by atoms with E-state index in [4.69, 9.17) is 44.5 Å². The molecule has 0 unspecified atom stereocenters. The van der Waals surface area contributed by atoms with Crippen molar-refractivity contribution in [2.24, 2.45) is 23.7 Å². The molecule has 17 nitrogen and oxygen atoms in total. The van der Waals surface area contributed by atoms with E-state index < -0.39 is 53.8 Å². The minimum absolute atomic E-state index is 0.0649. The van der Waals surface area contributed by atoms with Crippen LogP contribution in [-0.2, 0) is 66.8 Å². The predicted octanol–water partition coefficient (Wildman–Crippen LogP) is 6.36. The highest BCUT2D eigenvalue weighted by atomic mass is 32.2. The van der Waals surface area contributed by atoms with Gasteiger partial charge in [0.25, 0.3) is 5.70 Å². The number of thioether (sulfide) groups is 2. The summed E-state index contributed by atoms with van der Waals surface area (Å²) in [6, 6.07) is 2.97. The Morgan fingerprint density at radius 3 is 1.43 bits per heavy atom. The first-order chi connectivity index (χ1) is 30.3. The van der Waals surface area contributed by atoms with Crippen molar-refractivity contribution in [1.82, 2.24) is 0 Å². The lowest BCUT2D eigenvalue weighted by Crippen LogP contribution is -2.33. The molecule has 338 valence electrons. The third kappa shape index (κ3) is 13.9. The Kier molecular flexibility index (Phi) is 18.2. The highest BCUT2D eigenvalue weighted by molar-refractivity contribution is 8.24. The van der Waals surface area contributed by atoms with Crippen LogP contribution in [0.2, 0.25) is 0 Å². The number of hydrogen-bond acceptors (Lipinski definition) is 18. The predicted molar refractivity (Wildman–Crippen MR) is 222 cm³/mol. The molecule has 3 aliphatic carbocycles. The van der Waals surface area contributed by atoms with Crippen LogP contribution in [0.25, 0.3) is 4.85 Å². The number of nitrogens with zero attached hydrogens (tertiary/aromatic N) is 1. The van der Waals surface area contributed by atoms with Crippen LogP contribution >= 0.6 is 23.5 Å². The minimum atomic E-state index is -0.976. The molecule has 19 heteroatoms. The fourth-order valence-corrected chi connectivity index (χ4v) is 10.0. The summed E-state index contributed by atoms with van der Waals surface area (Å²) in [4.78, 5) is 103. The number of fused-ring (bicyclic) bond motifs is 1. The van der Waals surface area contributed by atoms with Crippen LogP contribution in [0.3, 0.4) is 0 Å². The average Bonchev–Trinajstić information content (AvgIpc) is 3.73. The van der Waals surface area contributed by atoms with Gasteiger partial charge in [-0.2, -0.15) is 0 Å². The van der Waals surface area contributed by atoms with Gasteiger partial charge in [-0.05, 0) is 89.2 Å². The third-order valence-electron chi connectivity index (χ3n) is 10.8. The van der Waals surface area contributed by atoms with E-state index in [-0.39, 0.29) is 77.7 Å². The van der Waals surface area contributed by atoms with E-state index in [2.05, 4.69) is 18.0 Å². The van der Waals surface area contributed by atoms with Crippen LogP contribution in [0.5, 0.6) is 11.5 Å². The van der Waals surface area contributed by atoms with Crippen LogP contribution in [0.4, 0.5) is 0 Å². The number of rotatable bonds is 17. The molecule has 0 aromatic heterocycles. The molecular formula is C44H49NO16S2. The molecule has 63 heavy (non-hydrogen) atoms. The summed E-state index contributed by atoms with van der Waals surface area (Å²) >= 11 is 1.96. The highest BCUT2D eigenvalue weighted by Crippen LogP contribution is 2.59. The summed E-state index contributed by atoms with van der Waals surface area (Å²) in [5.74, 6) is -5.88. The topological polar surface area (TPSA) is 215 Å². The Morgan fingerprint density at radius 1 is 0.587 bits per heavy atom. The summed E-state index contributed by atoms with van der Waals surface area (Å²) in [5.41, 5.74) is -0.376. The van der Waals surface area contributed by atoms with E-state index in [1.54, 1.807) is 0 Å². The van der Waals surface area contributed by atoms with Crippen LogP contribution < -0.4 is 9.47 Å². The zero-order chi connectivity index (χ0) is 45.5. The second kappa shape index (κ2) is 23.7. The SMILES string of the molecule is [C-]#[N+]C(C(=O)OCCOC(=O)C=C)=C1Sc2c(OC(=O)C3CCC(OC(C)=O)CC3)ccc(OC(=O)C3CCC(OC(=O)C4CCC(C(=O)OCCOC(=O)C=C)CC4)CC3)c2S1. The number of hydrogen-bond donors (Lipinski definition) is 0. The third-order valence-corrected chi connectivity index (χ3v) is 13.4. The standard InChI is InChI=1S/C44H49NO16S2/c1-5-34(47)54-21-23-56-39(49)26-7-9-27(10-8-26)40(50)59-31-17-13-29(14-18-31)42(52)61-33-20-19-32(60-41(51)28-11-15-30(16-12-28)58-25(3)46)37-38(33)63-44(62-37)36(45-4)43(53)57-24-22-55-35(48)6-2/h5-6,19-20,26-31H,1-2,7-18,21-24H2,3H3. The van der Waals surface area contributed by atoms with E-state index in [0.717, 1.165) is 35.7 Å². The number of ether oxygens (including phenoxy) is 8. The van der Waals surface area contributed by atoms with E-state index in [9.17, 15) is 38.4 Å². The molecule has 0 atom stereocenters. The van der Waals surface area contributed by atoms with Gasteiger partial charge in [0.1, 0.15) is 50.1 Å². The van der Waals surface area contributed by atoms with Crippen molar-refractivity contribution in [3.05, 3.63) is 58.8 Å². The van der Waals surface area contributed by atoms with Gasteiger partial charge in [-0.15, -0.1) is 0 Å². The molecule has 3 fully saturated rings. The van der Waals surface area contributed by atoms with Gasteiger partial charge in [0.15, 0.2) is 0 Å². The number of carbonyl (C=O) groups is 8. The summed E-state index contributed by atoms with van der Waals surface area (Å²) < 4.78 is 43.2. The van der Waals surface area contributed by atoms with Gasteiger partial charge >= 0.3 is 47.8 Å². The molecule has 1 aromatic rings. The quantitative estimate of drug-likeness (QED) is 0.0415. The number of esters is 8. The first-order valence-corrected chi connectivity index (χ1v) is 22.3. The van der Waals surface area contributed by atoms with Crippen LogP contribution in [0.1, 0.15) is 84.0 Å². The van der Waals surface area contributed by atoms with Gasteiger partial charge in [0.2, 0.25) is 0 Å². The molecule has 5 rings (SSSR count). The van der Waals surface area contributed by atoms with Crippen molar-refractivity contribution >= 4 is 71.3 Å². The fourth-order valence-electron chi connectivity index (χ4n) is 7.50. The molecule has 0 bridgehead atoms. The molecule has 0 spiro atoms. The zero-order valence-electron chi connectivity index (χ0n) is 34.8. The maximum absolute atomic E-state index is 13.6. The van der Waals surface area contributed by atoms with Gasteiger partial charge in [0, 0.05) is 19.1 Å². The van der Waals surface area contributed by atoms with Crippen molar-refractivity contribution in [3.63, 3.8) is 0 Å². The normalized spacial score (nSPS) is 23.5. The second-order valence-corrected chi connectivity index (χ2v) is 17.4. The molecule has 4 aliphatic rings. The molecule has 0 amide bonds. The van der Waals surface area contributed by atoms with Crippen LogP contribution in [-0.4, -0.2) is 86.4 Å². The van der Waals surface area contributed by atoms with Crippen molar-refractivity contribution in [2.75, 3.05) is 26.4 Å². The van der Waals surface area contributed by atoms with E-state index in [1.165, 1.54) is 19.1 Å². The molecular weight excluding hydrogens is 863 g/mol. The monoisotopic (exact) mass is 911 g/mol. The average molecular weight is 912 g/mol. The summed E-state index contributed by atoms with van der Waals surface area (Å²) in [7, 11) is 0. The lowest BCUT2D eigenvalue weighted by atomic mass is 9.82. The van der Waals surface area contributed by atoms with Gasteiger partial charge in [-0.1, -0.05) is 36.7 Å². The van der Waals surface area contributed by atoms with E-state index >= 15 is 0 Å². The Balaban J connectivity index is 1.17. The molecule has 1 heterocycles. The van der Waals surface area contributed by atoms with Gasteiger partial charge in [-0.25, -0.2) is 14.4 Å². The Hall–Kier alpha value is -5.61. The van der Waals surface area contributed by atoms with Crippen LogP contribution in [0.15, 0.2) is 57.2 Å². The van der Waals surface area contributed by atoms with Gasteiger partial charge in [0.05, 0.1) is 44.3 Å². The van der Waals surface area contributed by atoms with Crippen molar-refractivity contribution in [1.29, 1.82) is 0 Å². The van der Waals surface area contributed by atoms with Crippen molar-refractivity contribution in [3.8, 4) is 11.5 Å². The lowest BCUT2D eigenvalue weighted by molar-refractivity contribution is -0.161. The molecule has 3 saturated carbocycles. The molecule has 1 aliphatic heterocycles. The molecule has 0 saturated heterocycles. The Bertz CT molecular complexity index is 2020. The van der Waals surface area contributed by atoms with Crippen LogP contribution in [0, 0.1) is 30.2 Å². The lowest BCUT2D eigenvalue weighted by Gasteiger charge is -2.30. The van der Waals surface area contributed by atoms with Crippen molar-refractivity contribution < 1.29 is 76.3 Å². The largest absolute Gasteiger partial charge is 0.467 e. The zero-order valence-corrected chi connectivity index (χ0v) is 36.4. The number of benzene rings is 1. The van der Waals surface area contributed by atoms with Gasteiger partial charge in [-0.3, -0.25) is 28.8 Å². The smallest absolute Gasteiger partial charge is 0.338 e. The van der Waals surface area contributed by atoms with Crippen molar-refractivity contribution in [2.45, 2.75) is 106 Å². The van der Waals surface area contributed by atoms with E-state index in [0.29, 0.717) is 86.8 Å². The second-order valence-electron chi connectivity index (χ2n) is 15.1. The maximum atomic E-state index is 13.6. The fraction of sp³-hybridized carbons (Fsp3) is 0.523. The van der Waals surface area contributed by atoms with Gasteiger partial charge < -0.3 is 37.9 Å². The molecule has 1 aromatic carbocycles. The summed E-state index contributed by atoms with van der Waals surface area (Å²) in [5, 5.41) is 0. The highest BCUT2D eigenvalue weighted by Gasteiger charge is 2.37. The number of carbonyl (C=O) groups excluding carboxylic acids is 8. The minimum Gasteiger partial charge on any atom is -0.467 e.